The van der Waals surface area contributed by atoms with Crippen LogP contribution in [0.5, 0.6) is 23.0 Å². The van der Waals surface area contributed by atoms with E-state index in [1.165, 1.54) is 0 Å². The van der Waals surface area contributed by atoms with Crippen LogP contribution in [0.15, 0.2) is 54.6 Å². The van der Waals surface area contributed by atoms with Crippen molar-refractivity contribution >= 4 is 11.6 Å². The topological polar surface area (TPSA) is 66.0 Å². The van der Waals surface area contributed by atoms with E-state index in [0.717, 1.165) is 22.4 Å². The van der Waals surface area contributed by atoms with Crippen molar-refractivity contribution in [1.29, 1.82) is 0 Å². The normalized spacial score (nSPS) is 10.4. The molecule has 0 fully saturated rings. The van der Waals surface area contributed by atoms with Gasteiger partial charge >= 0.3 is 0 Å². The number of ether oxygens (including phenoxy) is 4. The average Bonchev–Trinajstić information content (AvgIpc) is 2.77. The molecular formula is C26H29NO5. The lowest BCUT2D eigenvalue weighted by atomic mass is 10.1. The molecule has 0 spiro atoms. The van der Waals surface area contributed by atoms with Gasteiger partial charge in [0.05, 0.1) is 20.8 Å². The van der Waals surface area contributed by atoms with Gasteiger partial charge in [0.1, 0.15) is 18.1 Å². The van der Waals surface area contributed by atoms with Gasteiger partial charge in [0, 0.05) is 22.9 Å². The number of nitrogens with one attached hydrogen (secondary N) is 1. The van der Waals surface area contributed by atoms with Crippen LogP contribution in [0.25, 0.3) is 0 Å². The van der Waals surface area contributed by atoms with E-state index >= 15 is 0 Å². The minimum absolute atomic E-state index is 0.243. The monoisotopic (exact) mass is 435 g/mol. The van der Waals surface area contributed by atoms with E-state index in [0.29, 0.717) is 35.1 Å². The third-order valence-electron chi connectivity index (χ3n) is 4.85. The quantitative estimate of drug-likeness (QED) is 0.477. The average molecular weight is 436 g/mol. The predicted octanol–water partition coefficient (Wildman–Crippen LogP) is 5.55. The molecule has 0 radical (unpaired) electrons. The second-order valence-corrected chi connectivity index (χ2v) is 7.39. The summed E-state index contributed by atoms with van der Waals surface area (Å²) in [6.07, 6.45) is 0. The molecule has 6 nitrogen and oxygen atoms in total. The lowest BCUT2D eigenvalue weighted by molar-refractivity contribution is 0.102. The summed E-state index contributed by atoms with van der Waals surface area (Å²) in [4.78, 5) is 12.9. The van der Waals surface area contributed by atoms with Gasteiger partial charge in [-0.05, 0) is 74.4 Å². The molecule has 168 valence electrons. The Kier molecular flexibility index (Phi) is 7.60. The van der Waals surface area contributed by atoms with Gasteiger partial charge in [-0.2, -0.15) is 0 Å². The molecule has 1 amide bonds. The maximum absolute atomic E-state index is 12.9. The number of aryl methyl sites for hydroxylation is 2. The zero-order valence-corrected chi connectivity index (χ0v) is 19.2. The summed E-state index contributed by atoms with van der Waals surface area (Å²) < 4.78 is 22.3. The van der Waals surface area contributed by atoms with Gasteiger partial charge in [-0.25, -0.2) is 0 Å². The second kappa shape index (κ2) is 10.6. The number of anilines is 1. The summed E-state index contributed by atoms with van der Waals surface area (Å²) >= 11 is 0. The highest BCUT2D eigenvalue weighted by Gasteiger charge is 2.13. The number of carbonyl (C=O) groups excluding carboxylic acids is 1. The van der Waals surface area contributed by atoms with Gasteiger partial charge in [-0.15, -0.1) is 0 Å². The highest BCUT2D eigenvalue weighted by atomic mass is 16.5. The molecule has 3 aromatic rings. The first-order valence-electron chi connectivity index (χ1n) is 10.4. The molecule has 1 N–H and O–H groups in total. The molecule has 0 aliphatic rings. The number of methoxy groups -OCH3 is 2. The zero-order chi connectivity index (χ0) is 23.1. The Morgan fingerprint density at radius 3 is 2.16 bits per heavy atom. The van der Waals surface area contributed by atoms with Crippen LogP contribution in [-0.4, -0.2) is 26.7 Å². The molecule has 0 bridgehead atoms. The van der Waals surface area contributed by atoms with Crippen molar-refractivity contribution in [3.8, 4) is 23.0 Å². The lowest BCUT2D eigenvalue weighted by Crippen LogP contribution is -2.13. The van der Waals surface area contributed by atoms with Crippen LogP contribution in [0, 0.1) is 13.8 Å². The third-order valence-corrected chi connectivity index (χ3v) is 4.85. The van der Waals surface area contributed by atoms with E-state index in [1.807, 2.05) is 32.9 Å². The standard InChI is InChI=1S/C26H29NO5/c1-6-31-23-9-7-19(14-20(23)16-32-22-12-17(2)11-18(3)13-22)26(28)27-21-8-10-24(29-4)25(15-21)30-5/h7-15H,6,16H2,1-5H3,(H,27,28). The van der Waals surface area contributed by atoms with Gasteiger partial charge in [0.15, 0.2) is 11.5 Å². The van der Waals surface area contributed by atoms with Crippen molar-refractivity contribution in [1.82, 2.24) is 0 Å². The summed E-state index contributed by atoms with van der Waals surface area (Å²) in [5, 5.41) is 2.90. The molecule has 0 aromatic heterocycles. The van der Waals surface area contributed by atoms with E-state index in [1.54, 1.807) is 50.6 Å². The van der Waals surface area contributed by atoms with Crippen LogP contribution in [0.4, 0.5) is 5.69 Å². The lowest BCUT2D eigenvalue weighted by Gasteiger charge is -2.14. The molecule has 0 saturated heterocycles. The summed E-state index contributed by atoms with van der Waals surface area (Å²) in [7, 11) is 3.12. The fourth-order valence-electron chi connectivity index (χ4n) is 3.42. The van der Waals surface area contributed by atoms with Crippen molar-refractivity contribution in [2.24, 2.45) is 0 Å². The molecule has 6 heteroatoms. The molecule has 3 aromatic carbocycles. The Hall–Kier alpha value is -3.67. The zero-order valence-electron chi connectivity index (χ0n) is 19.2. The van der Waals surface area contributed by atoms with Gasteiger partial charge in [-0.3, -0.25) is 4.79 Å². The molecular weight excluding hydrogens is 406 g/mol. The van der Waals surface area contributed by atoms with Crippen molar-refractivity contribution in [3.05, 3.63) is 76.9 Å². The van der Waals surface area contributed by atoms with E-state index in [-0.39, 0.29) is 12.5 Å². The number of carbonyl (C=O) groups is 1. The Morgan fingerprint density at radius 2 is 1.50 bits per heavy atom. The maximum atomic E-state index is 12.9. The predicted molar refractivity (Wildman–Crippen MR) is 125 cm³/mol. The van der Waals surface area contributed by atoms with Crippen molar-refractivity contribution in [2.45, 2.75) is 27.4 Å². The maximum Gasteiger partial charge on any atom is 0.255 e. The molecule has 0 unspecified atom stereocenters. The van der Waals surface area contributed by atoms with Crippen molar-refractivity contribution in [2.75, 3.05) is 26.1 Å². The van der Waals surface area contributed by atoms with Crippen molar-refractivity contribution in [3.63, 3.8) is 0 Å². The SMILES string of the molecule is CCOc1ccc(C(=O)Nc2ccc(OC)c(OC)c2)cc1COc1cc(C)cc(C)c1. The molecule has 0 aliphatic heterocycles. The summed E-state index contributed by atoms with van der Waals surface area (Å²) in [6, 6.07) is 16.6. The summed E-state index contributed by atoms with van der Waals surface area (Å²) in [5.41, 5.74) is 4.17. The number of amides is 1. The highest BCUT2D eigenvalue weighted by Crippen LogP contribution is 2.30. The molecule has 0 saturated carbocycles. The minimum atomic E-state index is -0.243. The summed E-state index contributed by atoms with van der Waals surface area (Å²) in [6.45, 7) is 6.80. The first-order valence-corrected chi connectivity index (χ1v) is 10.4. The van der Waals surface area contributed by atoms with E-state index in [9.17, 15) is 4.79 Å². The van der Waals surface area contributed by atoms with Crippen LogP contribution < -0.4 is 24.3 Å². The van der Waals surface area contributed by atoms with Crippen LogP contribution in [0.1, 0.15) is 34.0 Å². The van der Waals surface area contributed by atoms with Crippen molar-refractivity contribution < 1.29 is 23.7 Å². The fourth-order valence-corrected chi connectivity index (χ4v) is 3.42. The number of benzene rings is 3. The van der Waals surface area contributed by atoms with Gasteiger partial charge < -0.3 is 24.3 Å². The number of hydrogen-bond donors (Lipinski definition) is 1. The number of hydrogen-bond acceptors (Lipinski definition) is 5. The minimum Gasteiger partial charge on any atom is -0.493 e. The Labute approximate surface area is 189 Å². The first-order chi connectivity index (χ1) is 15.4. The summed E-state index contributed by atoms with van der Waals surface area (Å²) in [5.74, 6) is 2.37. The Balaban J connectivity index is 1.80. The molecule has 3 rings (SSSR count). The van der Waals surface area contributed by atoms with E-state index in [2.05, 4.69) is 11.4 Å². The van der Waals surface area contributed by atoms with E-state index < -0.39 is 0 Å². The first kappa shape index (κ1) is 23.0. The van der Waals surface area contributed by atoms with E-state index in [4.69, 9.17) is 18.9 Å². The molecule has 32 heavy (non-hydrogen) atoms. The second-order valence-electron chi connectivity index (χ2n) is 7.39. The Morgan fingerprint density at radius 1 is 0.812 bits per heavy atom. The van der Waals surface area contributed by atoms with Crippen LogP contribution in [-0.2, 0) is 6.61 Å². The highest BCUT2D eigenvalue weighted by molar-refractivity contribution is 6.04. The van der Waals surface area contributed by atoms with Crippen LogP contribution in [0.2, 0.25) is 0 Å². The van der Waals surface area contributed by atoms with Gasteiger partial charge in [0.2, 0.25) is 0 Å². The smallest absolute Gasteiger partial charge is 0.255 e. The van der Waals surface area contributed by atoms with Crippen LogP contribution >= 0.6 is 0 Å². The molecule has 0 heterocycles. The Bertz CT molecular complexity index is 1070. The molecule has 0 aliphatic carbocycles. The van der Waals surface area contributed by atoms with Crippen LogP contribution in [0.3, 0.4) is 0 Å². The number of rotatable bonds is 9. The molecule has 0 atom stereocenters. The van der Waals surface area contributed by atoms with Gasteiger partial charge in [-0.1, -0.05) is 6.07 Å². The third kappa shape index (κ3) is 5.72. The fraction of sp³-hybridized carbons (Fsp3) is 0.269. The van der Waals surface area contributed by atoms with Gasteiger partial charge in [0.25, 0.3) is 5.91 Å². The largest absolute Gasteiger partial charge is 0.493 e.